The van der Waals surface area contributed by atoms with E-state index >= 15 is 0 Å². The molecule has 1 N–H and O–H groups in total. The lowest BCUT2D eigenvalue weighted by Crippen LogP contribution is -2.37. The standard InChI is InChI=1S/C86H152NO8P/c1-6-8-10-12-14-16-18-20-22-24-26-28-30-32-34-36-38-40-41-42-43-44-45-47-49-51-53-55-57-59-61-63-65-67-69-71-73-75-77-79-86(89)95-84(83-94-96(90,91)93-81-80-87(3,4)5)82-92-85(88)78-76-74-72-70-68-66-64-62-60-58-56-54-52-50-48-46-39-37-35-33-31-29-27-25-23-21-19-17-15-13-11-9-7-2/h8,10,14,16,19-22,25-28,31-34,38,40,42-43,84H,6-7,9,11-13,15,17-18,23-24,29-30,35-37,39,41,44-83H2,1-5H3/p+1/b10-8-,16-14-,21-19-,22-20-,27-25-,28-26-,33-31-,34-32-,40-38-,43-42-. The minimum Gasteiger partial charge on any atom is -0.462 e. The number of rotatable bonds is 74. The van der Waals surface area contributed by atoms with Gasteiger partial charge in [-0.15, -0.1) is 0 Å². The van der Waals surface area contributed by atoms with Crippen molar-refractivity contribution in [3.63, 3.8) is 0 Å². The van der Waals surface area contributed by atoms with E-state index in [1.807, 2.05) is 21.1 Å². The van der Waals surface area contributed by atoms with E-state index in [4.69, 9.17) is 18.5 Å². The number of nitrogens with zero attached hydrogens (tertiary/aromatic N) is 1. The Bertz CT molecular complexity index is 2040. The fourth-order valence-corrected chi connectivity index (χ4v) is 12.1. The predicted octanol–water partition coefficient (Wildman–Crippen LogP) is 26.9. The van der Waals surface area contributed by atoms with Crippen molar-refractivity contribution in [2.75, 3.05) is 47.5 Å². The van der Waals surface area contributed by atoms with Crippen LogP contribution in [0.3, 0.4) is 0 Å². The molecule has 96 heavy (non-hydrogen) atoms. The van der Waals surface area contributed by atoms with Crippen LogP contribution in [0.5, 0.6) is 0 Å². The molecule has 0 spiro atoms. The van der Waals surface area contributed by atoms with E-state index in [0.29, 0.717) is 17.4 Å². The van der Waals surface area contributed by atoms with Crippen molar-refractivity contribution in [3.8, 4) is 0 Å². The number of likely N-dealkylation sites (N-methyl/N-ethyl adjacent to an activating group) is 1. The molecule has 0 aromatic heterocycles. The van der Waals surface area contributed by atoms with Gasteiger partial charge in [-0.1, -0.05) is 360 Å². The highest BCUT2D eigenvalue weighted by Crippen LogP contribution is 2.43. The minimum absolute atomic E-state index is 0.0298. The molecule has 0 radical (unpaired) electrons. The van der Waals surface area contributed by atoms with Crippen LogP contribution in [0.1, 0.15) is 361 Å². The molecule has 0 amide bonds. The zero-order valence-corrected chi connectivity index (χ0v) is 64.2. The summed E-state index contributed by atoms with van der Waals surface area (Å²) in [4.78, 5) is 36.0. The van der Waals surface area contributed by atoms with Gasteiger partial charge in [0.05, 0.1) is 27.7 Å². The Labute approximate surface area is 594 Å². The first-order chi connectivity index (χ1) is 47.0. The number of phosphoric ester groups is 1. The second-order valence-electron chi connectivity index (χ2n) is 28.1. The summed E-state index contributed by atoms with van der Waals surface area (Å²) in [6, 6.07) is 0. The minimum atomic E-state index is -4.40. The molecule has 0 aromatic carbocycles. The number of ether oxygens (including phenoxy) is 2. The number of carbonyl (C=O) groups excluding carboxylic acids is 2. The first-order valence-electron chi connectivity index (χ1n) is 40.3. The summed E-state index contributed by atoms with van der Waals surface area (Å²) in [5.74, 6) is -0.785. The van der Waals surface area contributed by atoms with Crippen LogP contribution in [-0.2, 0) is 32.7 Å². The smallest absolute Gasteiger partial charge is 0.462 e. The summed E-state index contributed by atoms with van der Waals surface area (Å²) in [6.45, 7) is 4.35. The topological polar surface area (TPSA) is 108 Å². The van der Waals surface area contributed by atoms with Crippen molar-refractivity contribution >= 4 is 19.8 Å². The quantitative estimate of drug-likeness (QED) is 0.0211. The van der Waals surface area contributed by atoms with Gasteiger partial charge in [0.1, 0.15) is 19.8 Å². The van der Waals surface area contributed by atoms with E-state index in [2.05, 4.69) is 135 Å². The molecule has 0 rings (SSSR count). The van der Waals surface area contributed by atoms with Gasteiger partial charge < -0.3 is 18.9 Å². The third kappa shape index (κ3) is 79.4. The van der Waals surface area contributed by atoms with Crippen molar-refractivity contribution < 1.29 is 42.1 Å². The lowest BCUT2D eigenvalue weighted by atomic mass is 10.0. The number of carbonyl (C=O) groups is 2. The molecule has 0 heterocycles. The SMILES string of the molecule is CC/C=C\C/C=C\C/C=C\C/C=C\C/C=C\C/C=C\C/C=C\CCCCCCCCCCCCCCCCCCCC(=O)OC(COC(=O)CCCCCCCCCCCCCCCCCCCC/C=C\C/C=C\C/C=C\CCCCCCC)COP(=O)(O)OCC[N+](C)(C)C. The zero-order chi connectivity index (χ0) is 69.7. The third-order valence-electron chi connectivity index (χ3n) is 17.5. The number of hydrogen-bond acceptors (Lipinski definition) is 7. The van der Waals surface area contributed by atoms with E-state index < -0.39 is 26.5 Å². The maximum atomic E-state index is 12.9. The summed E-state index contributed by atoms with van der Waals surface area (Å²) in [5.41, 5.74) is 0. The van der Waals surface area contributed by atoms with Gasteiger partial charge in [0.25, 0.3) is 0 Å². The Kier molecular flexibility index (Phi) is 72.8. The molecule has 2 unspecified atom stereocenters. The van der Waals surface area contributed by atoms with Gasteiger partial charge in [-0.05, 0) is 109 Å². The summed E-state index contributed by atoms with van der Waals surface area (Å²) < 4.78 is 34.8. The molecule has 2 atom stereocenters. The van der Waals surface area contributed by atoms with Crippen LogP contribution < -0.4 is 0 Å². The molecular formula is C86H153NO8P+. The third-order valence-corrected chi connectivity index (χ3v) is 18.5. The molecule has 0 fully saturated rings. The van der Waals surface area contributed by atoms with E-state index in [0.717, 1.165) is 89.9 Å². The average molecular weight is 1360 g/mol. The fourth-order valence-electron chi connectivity index (χ4n) is 11.4. The number of quaternary nitrogens is 1. The first-order valence-corrected chi connectivity index (χ1v) is 41.8. The van der Waals surface area contributed by atoms with Crippen LogP contribution in [0.4, 0.5) is 0 Å². The van der Waals surface area contributed by atoms with Crippen molar-refractivity contribution in [1.29, 1.82) is 0 Å². The molecule has 554 valence electrons. The van der Waals surface area contributed by atoms with Crippen molar-refractivity contribution in [1.82, 2.24) is 0 Å². The molecule has 0 saturated carbocycles. The van der Waals surface area contributed by atoms with E-state index in [9.17, 15) is 19.0 Å². The van der Waals surface area contributed by atoms with Crippen LogP contribution in [0.25, 0.3) is 0 Å². The van der Waals surface area contributed by atoms with Gasteiger partial charge in [-0.2, -0.15) is 0 Å². The van der Waals surface area contributed by atoms with Gasteiger partial charge in [-0.25, -0.2) is 4.57 Å². The van der Waals surface area contributed by atoms with Crippen molar-refractivity contribution in [2.24, 2.45) is 0 Å². The van der Waals surface area contributed by atoms with Crippen LogP contribution in [0.15, 0.2) is 122 Å². The second-order valence-corrected chi connectivity index (χ2v) is 29.5. The van der Waals surface area contributed by atoms with Crippen LogP contribution in [0, 0.1) is 0 Å². The molecule has 0 aliphatic rings. The van der Waals surface area contributed by atoms with Gasteiger partial charge >= 0.3 is 19.8 Å². The van der Waals surface area contributed by atoms with Crippen molar-refractivity contribution in [3.05, 3.63) is 122 Å². The number of esters is 2. The summed E-state index contributed by atoms with van der Waals surface area (Å²) in [5, 5.41) is 0. The molecule has 0 saturated heterocycles. The zero-order valence-electron chi connectivity index (χ0n) is 63.3. The number of unbranched alkanes of at least 4 members (excludes halogenated alkanes) is 40. The maximum Gasteiger partial charge on any atom is 0.472 e. The average Bonchev–Trinajstić information content (AvgIpc) is 1.98. The van der Waals surface area contributed by atoms with Gasteiger partial charge in [-0.3, -0.25) is 18.6 Å². The lowest BCUT2D eigenvalue weighted by Gasteiger charge is -2.24. The molecule has 10 heteroatoms. The summed E-state index contributed by atoms with van der Waals surface area (Å²) >= 11 is 0. The first kappa shape index (κ1) is 92.4. The molecule has 0 bridgehead atoms. The monoisotopic (exact) mass is 1360 g/mol. The molecule has 0 aromatic rings. The Morgan fingerprint density at radius 1 is 0.333 bits per heavy atom. The highest BCUT2D eigenvalue weighted by atomic mass is 31.2. The Hall–Kier alpha value is -3.59. The van der Waals surface area contributed by atoms with E-state index in [1.165, 1.54) is 238 Å². The van der Waals surface area contributed by atoms with Crippen LogP contribution >= 0.6 is 7.82 Å². The number of allylic oxidation sites excluding steroid dienone is 20. The van der Waals surface area contributed by atoms with E-state index in [1.54, 1.807) is 0 Å². The Balaban J connectivity index is 3.97. The largest absolute Gasteiger partial charge is 0.472 e. The summed E-state index contributed by atoms with van der Waals surface area (Å²) in [6.07, 6.45) is 109. The Morgan fingerprint density at radius 3 is 0.885 bits per heavy atom. The molecular weight excluding hydrogens is 1210 g/mol. The summed E-state index contributed by atoms with van der Waals surface area (Å²) in [7, 11) is 1.48. The lowest BCUT2D eigenvalue weighted by molar-refractivity contribution is -0.870. The number of phosphoric acid groups is 1. The van der Waals surface area contributed by atoms with Crippen LogP contribution in [-0.4, -0.2) is 74.9 Å². The molecule has 0 aliphatic heterocycles. The molecule has 9 nitrogen and oxygen atoms in total. The number of hydrogen-bond donors (Lipinski definition) is 1. The highest BCUT2D eigenvalue weighted by molar-refractivity contribution is 7.47. The van der Waals surface area contributed by atoms with Crippen LogP contribution in [0.2, 0.25) is 0 Å². The molecule has 0 aliphatic carbocycles. The van der Waals surface area contributed by atoms with Gasteiger partial charge in [0, 0.05) is 12.8 Å². The normalized spacial score (nSPS) is 13.7. The van der Waals surface area contributed by atoms with E-state index in [-0.39, 0.29) is 32.0 Å². The Morgan fingerprint density at radius 2 is 0.594 bits per heavy atom. The predicted molar refractivity (Wildman–Crippen MR) is 418 cm³/mol. The fraction of sp³-hybridized carbons (Fsp3) is 0.744. The van der Waals surface area contributed by atoms with Crippen molar-refractivity contribution in [2.45, 2.75) is 367 Å². The highest BCUT2D eigenvalue weighted by Gasteiger charge is 2.27. The maximum absolute atomic E-state index is 12.9. The van der Waals surface area contributed by atoms with Gasteiger partial charge in [0.15, 0.2) is 6.10 Å². The van der Waals surface area contributed by atoms with Gasteiger partial charge in [0.2, 0.25) is 0 Å². The second kappa shape index (κ2) is 75.6.